The maximum Gasteiger partial charge on any atom is 0.295 e. The summed E-state index contributed by atoms with van der Waals surface area (Å²) in [6.45, 7) is 5.98. The Balaban J connectivity index is 1.73. The lowest BCUT2D eigenvalue weighted by Gasteiger charge is -2.19. The van der Waals surface area contributed by atoms with Gasteiger partial charge in [-0.3, -0.25) is 4.79 Å². The second-order valence-electron chi connectivity index (χ2n) is 5.75. The molecule has 3 atom stereocenters. The Labute approximate surface area is 112 Å². The molecule has 0 aromatic carbocycles. The van der Waals surface area contributed by atoms with Crippen LogP contribution in [0.2, 0.25) is 0 Å². The van der Waals surface area contributed by atoms with Gasteiger partial charge in [-0.05, 0) is 38.6 Å². The van der Waals surface area contributed by atoms with E-state index in [2.05, 4.69) is 29.3 Å². The fourth-order valence-corrected chi connectivity index (χ4v) is 3.07. The van der Waals surface area contributed by atoms with Gasteiger partial charge in [-0.15, -0.1) is 0 Å². The highest BCUT2D eigenvalue weighted by Gasteiger charge is 2.33. The zero-order valence-corrected chi connectivity index (χ0v) is 11.4. The van der Waals surface area contributed by atoms with Crippen LogP contribution >= 0.6 is 0 Å². The normalized spacial score (nSPS) is 31.1. The molecule has 6 nitrogen and oxygen atoms in total. The molecule has 0 aliphatic carbocycles. The van der Waals surface area contributed by atoms with Gasteiger partial charge < -0.3 is 14.7 Å². The largest absolute Gasteiger partial charge is 0.337 e. The molecule has 3 rings (SSSR count). The van der Waals surface area contributed by atoms with Gasteiger partial charge in [0.2, 0.25) is 5.89 Å². The molecular weight excluding hydrogens is 244 g/mol. The lowest BCUT2D eigenvalue weighted by molar-refractivity contribution is 0.0728. The molecule has 3 heterocycles. The van der Waals surface area contributed by atoms with Crippen LogP contribution in [0, 0.1) is 5.92 Å². The zero-order chi connectivity index (χ0) is 13.4. The number of likely N-dealkylation sites (tertiary alicyclic amines) is 1. The minimum absolute atomic E-state index is 0.107. The van der Waals surface area contributed by atoms with Crippen LogP contribution in [0.5, 0.6) is 0 Å². The van der Waals surface area contributed by atoms with E-state index in [-0.39, 0.29) is 23.8 Å². The molecule has 2 fully saturated rings. The van der Waals surface area contributed by atoms with Crippen LogP contribution in [-0.2, 0) is 0 Å². The Morgan fingerprint density at radius 2 is 2.32 bits per heavy atom. The standard InChI is InChI=1S/C13H20N4O2/c1-8-6-9(2)17(7-8)13(18)11-15-12(19-16-11)10-4-3-5-14-10/h8-10,14H,3-7H2,1-2H3. The minimum Gasteiger partial charge on any atom is -0.337 e. The number of nitrogens with zero attached hydrogens (tertiary/aromatic N) is 3. The summed E-state index contributed by atoms with van der Waals surface area (Å²) in [4.78, 5) is 18.5. The van der Waals surface area contributed by atoms with E-state index in [0.29, 0.717) is 11.8 Å². The average molecular weight is 264 g/mol. The summed E-state index contributed by atoms with van der Waals surface area (Å²) in [5.74, 6) is 1.18. The Morgan fingerprint density at radius 3 is 2.95 bits per heavy atom. The molecular formula is C13H20N4O2. The molecule has 1 N–H and O–H groups in total. The maximum absolute atomic E-state index is 12.4. The van der Waals surface area contributed by atoms with E-state index < -0.39 is 0 Å². The van der Waals surface area contributed by atoms with Gasteiger partial charge in [-0.25, -0.2) is 0 Å². The highest BCUT2D eigenvalue weighted by molar-refractivity contribution is 5.90. The number of rotatable bonds is 2. The number of carbonyl (C=O) groups excluding carboxylic acids is 1. The van der Waals surface area contributed by atoms with Crippen molar-refractivity contribution in [3.05, 3.63) is 11.7 Å². The van der Waals surface area contributed by atoms with Crippen LogP contribution in [0.25, 0.3) is 0 Å². The second kappa shape index (κ2) is 4.92. The van der Waals surface area contributed by atoms with Crippen molar-refractivity contribution in [2.24, 2.45) is 5.92 Å². The summed E-state index contributed by atoms with van der Waals surface area (Å²) in [5.41, 5.74) is 0. The van der Waals surface area contributed by atoms with E-state index in [1.807, 2.05) is 4.90 Å². The first-order valence-corrected chi connectivity index (χ1v) is 7.03. The van der Waals surface area contributed by atoms with Crippen molar-refractivity contribution < 1.29 is 9.32 Å². The van der Waals surface area contributed by atoms with Crippen LogP contribution in [0.1, 0.15) is 55.7 Å². The smallest absolute Gasteiger partial charge is 0.295 e. The molecule has 1 aromatic rings. The molecule has 2 aliphatic heterocycles. The van der Waals surface area contributed by atoms with E-state index in [9.17, 15) is 4.79 Å². The summed E-state index contributed by atoms with van der Waals surface area (Å²) in [6, 6.07) is 0.373. The maximum atomic E-state index is 12.4. The molecule has 19 heavy (non-hydrogen) atoms. The number of amides is 1. The van der Waals surface area contributed by atoms with E-state index in [1.165, 1.54) is 0 Å². The summed E-state index contributed by atoms with van der Waals surface area (Å²) in [7, 11) is 0. The predicted octanol–water partition coefficient (Wildman–Crippen LogP) is 1.36. The number of carbonyl (C=O) groups is 1. The van der Waals surface area contributed by atoms with Gasteiger partial charge in [-0.1, -0.05) is 12.1 Å². The fourth-order valence-electron chi connectivity index (χ4n) is 3.07. The van der Waals surface area contributed by atoms with E-state index in [1.54, 1.807) is 0 Å². The summed E-state index contributed by atoms with van der Waals surface area (Å²) in [6.07, 6.45) is 3.14. The molecule has 1 aromatic heterocycles. The molecule has 104 valence electrons. The molecule has 0 radical (unpaired) electrons. The molecule has 0 bridgehead atoms. The van der Waals surface area contributed by atoms with E-state index in [4.69, 9.17) is 4.52 Å². The second-order valence-corrected chi connectivity index (χ2v) is 5.75. The van der Waals surface area contributed by atoms with Crippen molar-refractivity contribution in [2.75, 3.05) is 13.1 Å². The predicted molar refractivity (Wildman–Crippen MR) is 68.6 cm³/mol. The molecule has 1 amide bonds. The molecule has 6 heteroatoms. The average Bonchev–Trinajstić information content (AvgIpc) is 3.06. The molecule has 2 saturated heterocycles. The van der Waals surface area contributed by atoms with Crippen LogP contribution in [0.15, 0.2) is 4.52 Å². The van der Waals surface area contributed by atoms with Gasteiger partial charge >= 0.3 is 0 Å². The van der Waals surface area contributed by atoms with Gasteiger partial charge in [-0.2, -0.15) is 4.98 Å². The topological polar surface area (TPSA) is 71.3 Å². The SMILES string of the molecule is CC1CC(C)N(C(=O)c2noc(C3CCCN3)n2)C1. The Bertz CT molecular complexity index is 467. The minimum atomic E-state index is -0.107. The van der Waals surface area contributed by atoms with Crippen molar-refractivity contribution in [1.29, 1.82) is 0 Å². The summed E-state index contributed by atoms with van der Waals surface area (Å²) < 4.78 is 5.22. The van der Waals surface area contributed by atoms with Crippen molar-refractivity contribution >= 4 is 5.91 Å². The zero-order valence-electron chi connectivity index (χ0n) is 11.4. The highest BCUT2D eigenvalue weighted by Crippen LogP contribution is 2.25. The van der Waals surface area contributed by atoms with Crippen LogP contribution in [0.4, 0.5) is 0 Å². The third-order valence-electron chi connectivity index (χ3n) is 4.04. The van der Waals surface area contributed by atoms with Crippen LogP contribution in [0.3, 0.4) is 0 Å². The monoisotopic (exact) mass is 264 g/mol. The van der Waals surface area contributed by atoms with Gasteiger partial charge in [0.1, 0.15) is 0 Å². The quantitative estimate of drug-likeness (QED) is 0.873. The van der Waals surface area contributed by atoms with Crippen LogP contribution < -0.4 is 5.32 Å². The lowest BCUT2D eigenvalue weighted by atomic mass is 10.1. The highest BCUT2D eigenvalue weighted by atomic mass is 16.5. The van der Waals surface area contributed by atoms with Gasteiger partial charge in [0.15, 0.2) is 0 Å². The summed E-state index contributed by atoms with van der Waals surface area (Å²) >= 11 is 0. The van der Waals surface area contributed by atoms with Gasteiger partial charge in [0.05, 0.1) is 6.04 Å². The molecule has 3 unspecified atom stereocenters. The first-order valence-electron chi connectivity index (χ1n) is 7.03. The Kier molecular flexibility index (Phi) is 3.26. The van der Waals surface area contributed by atoms with Crippen molar-refractivity contribution in [3.63, 3.8) is 0 Å². The third-order valence-corrected chi connectivity index (χ3v) is 4.04. The Hall–Kier alpha value is -1.43. The summed E-state index contributed by atoms with van der Waals surface area (Å²) in [5, 5.41) is 7.14. The van der Waals surface area contributed by atoms with Gasteiger partial charge in [0.25, 0.3) is 11.7 Å². The van der Waals surface area contributed by atoms with Crippen molar-refractivity contribution in [3.8, 4) is 0 Å². The Morgan fingerprint density at radius 1 is 1.47 bits per heavy atom. The number of hydrogen-bond donors (Lipinski definition) is 1. The first-order chi connectivity index (χ1) is 9.15. The number of hydrogen-bond acceptors (Lipinski definition) is 5. The van der Waals surface area contributed by atoms with Crippen molar-refractivity contribution in [2.45, 2.75) is 45.2 Å². The fraction of sp³-hybridized carbons (Fsp3) is 0.769. The molecule has 0 spiro atoms. The lowest BCUT2D eigenvalue weighted by Crippen LogP contribution is -2.34. The number of nitrogens with one attached hydrogen (secondary N) is 1. The van der Waals surface area contributed by atoms with Crippen LogP contribution in [-0.4, -0.2) is 40.1 Å². The van der Waals surface area contributed by atoms with E-state index >= 15 is 0 Å². The van der Waals surface area contributed by atoms with E-state index in [0.717, 1.165) is 32.4 Å². The molecule has 2 aliphatic rings. The third kappa shape index (κ3) is 2.36. The van der Waals surface area contributed by atoms with Crippen molar-refractivity contribution in [1.82, 2.24) is 20.4 Å². The van der Waals surface area contributed by atoms with Gasteiger partial charge in [0, 0.05) is 12.6 Å². The first kappa shape index (κ1) is 12.6. The number of aromatic nitrogens is 2. The molecule has 0 saturated carbocycles.